The van der Waals surface area contributed by atoms with E-state index in [0.29, 0.717) is 16.6 Å². The lowest BCUT2D eigenvalue weighted by Gasteiger charge is -2.31. The highest BCUT2D eigenvalue weighted by Crippen LogP contribution is 2.30. The standard InChI is InChI=1S/C31H42N6O7S2/c1-19(2)17-37(46(42,43)22-12-13-23-27(16-22)45-30(35-23)36-31(41)44-4)18-26(38)25(15-21-9-6-5-7-10-21)34-28(39)20(3)33-29(40)24-11-8-14-32-24/h5-7,9-10,12-13,16,19-20,24-26,32,38H,8,11,14-15,17-18H2,1-4H3,(H,33,40)(H,34,39)(H,35,36,41). The van der Waals surface area contributed by atoms with Gasteiger partial charge in [0.25, 0.3) is 0 Å². The van der Waals surface area contributed by atoms with Crippen LogP contribution in [-0.4, -0.2) is 91.7 Å². The molecule has 1 aliphatic heterocycles. The Morgan fingerprint density at radius 3 is 2.50 bits per heavy atom. The highest BCUT2D eigenvalue weighted by molar-refractivity contribution is 7.89. The van der Waals surface area contributed by atoms with Crippen LogP contribution in [0, 0.1) is 5.92 Å². The van der Waals surface area contributed by atoms with Gasteiger partial charge in [0, 0.05) is 13.1 Å². The maximum absolute atomic E-state index is 14.0. The van der Waals surface area contributed by atoms with E-state index in [1.807, 2.05) is 44.2 Å². The van der Waals surface area contributed by atoms with Crippen molar-refractivity contribution >= 4 is 54.6 Å². The minimum absolute atomic E-state index is 0.00150. The maximum atomic E-state index is 14.0. The number of carbonyl (C=O) groups excluding carboxylic acids is 3. The number of sulfonamides is 1. The lowest BCUT2D eigenvalue weighted by molar-refractivity contribution is -0.130. The minimum Gasteiger partial charge on any atom is -0.453 e. The number of anilines is 1. The number of amides is 3. The number of aliphatic hydroxyl groups excluding tert-OH is 1. The monoisotopic (exact) mass is 674 g/mol. The summed E-state index contributed by atoms with van der Waals surface area (Å²) >= 11 is 1.10. The molecular formula is C31H42N6O7S2. The summed E-state index contributed by atoms with van der Waals surface area (Å²) in [6.07, 6.45) is -0.177. The zero-order valence-electron chi connectivity index (χ0n) is 26.4. The van der Waals surface area contributed by atoms with Crippen LogP contribution in [-0.2, 0) is 30.8 Å². The number of rotatable bonds is 14. The van der Waals surface area contributed by atoms with Crippen LogP contribution in [0.15, 0.2) is 53.4 Å². The first-order valence-corrected chi connectivity index (χ1v) is 17.4. The molecule has 1 aliphatic rings. The van der Waals surface area contributed by atoms with Crippen LogP contribution in [0.3, 0.4) is 0 Å². The summed E-state index contributed by atoms with van der Waals surface area (Å²) in [7, 11) is -2.88. The molecule has 250 valence electrons. The van der Waals surface area contributed by atoms with Gasteiger partial charge in [0.1, 0.15) is 6.04 Å². The Morgan fingerprint density at radius 2 is 1.85 bits per heavy atom. The summed E-state index contributed by atoms with van der Waals surface area (Å²) in [6, 6.07) is 11.6. The Morgan fingerprint density at radius 1 is 1.11 bits per heavy atom. The fourth-order valence-electron chi connectivity index (χ4n) is 5.17. The molecule has 4 atom stereocenters. The molecule has 0 radical (unpaired) electrons. The summed E-state index contributed by atoms with van der Waals surface area (Å²) in [5.74, 6) is -0.830. The summed E-state index contributed by atoms with van der Waals surface area (Å²) in [4.78, 5) is 41.8. The summed E-state index contributed by atoms with van der Waals surface area (Å²) in [6.45, 7) is 5.89. The Bertz CT molecular complexity index is 1610. The number of thiazole rings is 1. The van der Waals surface area contributed by atoms with E-state index >= 15 is 0 Å². The van der Waals surface area contributed by atoms with Crippen LogP contribution >= 0.6 is 11.3 Å². The molecule has 0 bridgehead atoms. The van der Waals surface area contributed by atoms with Gasteiger partial charge in [0.05, 0.1) is 40.4 Å². The molecule has 13 nitrogen and oxygen atoms in total. The zero-order valence-corrected chi connectivity index (χ0v) is 28.0. The first kappa shape index (κ1) is 35.2. The van der Waals surface area contributed by atoms with Crippen molar-refractivity contribution in [3.8, 4) is 0 Å². The first-order chi connectivity index (χ1) is 21.9. The number of methoxy groups -OCH3 is 1. The van der Waals surface area contributed by atoms with Crippen molar-refractivity contribution < 1.29 is 32.6 Å². The smallest absolute Gasteiger partial charge is 0.413 e. The van der Waals surface area contributed by atoms with Crippen LogP contribution in [0.4, 0.5) is 9.93 Å². The van der Waals surface area contributed by atoms with Crippen LogP contribution in [0.2, 0.25) is 0 Å². The molecule has 1 fully saturated rings. The molecule has 1 saturated heterocycles. The number of nitrogens with one attached hydrogen (secondary N) is 4. The number of hydrogen-bond acceptors (Lipinski definition) is 10. The zero-order chi connectivity index (χ0) is 33.4. The second-order valence-corrected chi connectivity index (χ2v) is 14.7. The van der Waals surface area contributed by atoms with Crippen molar-refractivity contribution in [2.75, 3.05) is 32.1 Å². The number of hydrogen-bond donors (Lipinski definition) is 5. The molecule has 5 N–H and O–H groups in total. The molecule has 3 amide bonds. The molecule has 2 aromatic carbocycles. The predicted octanol–water partition coefficient (Wildman–Crippen LogP) is 2.47. The predicted molar refractivity (Wildman–Crippen MR) is 176 cm³/mol. The summed E-state index contributed by atoms with van der Waals surface area (Å²) in [5.41, 5.74) is 1.34. The number of nitrogens with zero attached hydrogens (tertiary/aromatic N) is 2. The highest BCUT2D eigenvalue weighted by Gasteiger charge is 2.33. The molecular weight excluding hydrogens is 633 g/mol. The molecule has 3 aromatic rings. The number of aliphatic hydroxyl groups is 1. The number of ether oxygens (including phenoxy) is 1. The fourth-order valence-corrected chi connectivity index (χ4v) is 7.78. The van der Waals surface area contributed by atoms with Crippen molar-refractivity contribution in [1.82, 2.24) is 25.2 Å². The quantitative estimate of drug-likeness (QED) is 0.172. The molecule has 1 aromatic heterocycles. The molecule has 2 heterocycles. The summed E-state index contributed by atoms with van der Waals surface area (Å²) in [5, 5.41) is 23.0. The largest absolute Gasteiger partial charge is 0.453 e. The Balaban J connectivity index is 1.55. The van der Waals surface area contributed by atoms with E-state index in [-0.39, 0.29) is 47.4 Å². The fraction of sp³-hybridized carbons (Fsp3) is 0.484. The maximum Gasteiger partial charge on any atom is 0.413 e. The van der Waals surface area contributed by atoms with Gasteiger partial charge in [-0.1, -0.05) is 55.5 Å². The third-order valence-corrected chi connectivity index (χ3v) is 10.3. The van der Waals surface area contributed by atoms with Crippen molar-refractivity contribution in [2.24, 2.45) is 5.92 Å². The Hall–Kier alpha value is -3.63. The molecule has 0 spiro atoms. The second-order valence-electron chi connectivity index (χ2n) is 11.7. The van der Waals surface area contributed by atoms with Gasteiger partial charge >= 0.3 is 6.09 Å². The normalized spacial score (nSPS) is 17.1. The number of fused-ring (bicyclic) bond motifs is 1. The third-order valence-electron chi connectivity index (χ3n) is 7.57. The van der Waals surface area contributed by atoms with E-state index in [0.717, 1.165) is 29.9 Å². The SMILES string of the molecule is COC(=O)Nc1nc2ccc(S(=O)(=O)N(CC(C)C)CC(O)C(Cc3ccccc3)NC(=O)C(C)NC(=O)C3CCCN3)cc2s1. The van der Waals surface area contributed by atoms with E-state index in [1.54, 1.807) is 13.0 Å². The average Bonchev–Trinajstić information content (AvgIpc) is 3.70. The first-order valence-electron chi connectivity index (χ1n) is 15.2. The van der Waals surface area contributed by atoms with E-state index in [4.69, 9.17) is 0 Å². The number of aromatic nitrogens is 1. The molecule has 0 saturated carbocycles. The topological polar surface area (TPSA) is 179 Å². The second kappa shape index (κ2) is 15.8. The molecule has 0 aliphatic carbocycles. The lowest BCUT2D eigenvalue weighted by atomic mass is 10.0. The Labute approximate surface area is 273 Å². The third kappa shape index (κ3) is 9.22. The van der Waals surface area contributed by atoms with E-state index < -0.39 is 40.2 Å². The van der Waals surface area contributed by atoms with Gasteiger partial charge in [0.15, 0.2) is 5.13 Å². The van der Waals surface area contributed by atoms with E-state index in [9.17, 15) is 27.9 Å². The van der Waals surface area contributed by atoms with Crippen LogP contribution in [0.25, 0.3) is 10.2 Å². The van der Waals surface area contributed by atoms with Gasteiger partial charge in [-0.2, -0.15) is 4.31 Å². The molecule has 15 heteroatoms. The van der Waals surface area contributed by atoms with Gasteiger partial charge in [-0.25, -0.2) is 18.2 Å². The van der Waals surface area contributed by atoms with Gasteiger partial charge in [-0.05, 0) is 62.4 Å². The van der Waals surface area contributed by atoms with Crippen molar-refractivity contribution in [3.63, 3.8) is 0 Å². The Kier molecular flexibility index (Phi) is 12.1. The number of benzene rings is 2. The van der Waals surface area contributed by atoms with E-state index in [1.165, 1.54) is 23.5 Å². The van der Waals surface area contributed by atoms with Crippen molar-refractivity contribution in [1.29, 1.82) is 0 Å². The van der Waals surface area contributed by atoms with Gasteiger partial charge < -0.3 is 25.8 Å². The van der Waals surface area contributed by atoms with Gasteiger partial charge in [-0.3, -0.25) is 14.9 Å². The van der Waals surface area contributed by atoms with E-state index in [2.05, 4.69) is 31.0 Å². The van der Waals surface area contributed by atoms with Crippen LogP contribution in [0.5, 0.6) is 0 Å². The van der Waals surface area contributed by atoms with Crippen LogP contribution < -0.4 is 21.3 Å². The average molecular weight is 675 g/mol. The van der Waals surface area contributed by atoms with Crippen LogP contribution in [0.1, 0.15) is 39.2 Å². The molecule has 4 rings (SSSR count). The lowest BCUT2D eigenvalue weighted by Crippen LogP contribution is -2.56. The summed E-state index contributed by atoms with van der Waals surface area (Å²) < 4.78 is 34.4. The highest BCUT2D eigenvalue weighted by atomic mass is 32.2. The van der Waals surface area contributed by atoms with Crippen molar-refractivity contribution in [2.45, 2.75) is 69.2 Å². The van der Waals surface area contributed by atoms with Gasteiger partial charge in [0.2, 0.25) is 21.8 Å². The van der Waals surface area contributed by atoms with Gasteiger partial charge in [-0.15, -0.1) is 0 Å². The molecule has 46 heavy (non-hydrogen) atoms. The minimum atomic E-state index is -4.11. The number of carbonyl (C=O) groups is 3. The van der Waals surface area contributed by atoms with Crippen molar-refractivity contribution in [3.05, 3.63) is 54.1 Å². The molecule has 4 unspecified atom stereocenters.